The molecule has 3 nitrogen and oxygen atoms in total. The van der Waals surface area contributed by atoms with Crippen LogP contribution in [-0.2, 0) is 21.1 Å². The second kappa shape index (κ2) is 2.99. The van der Waals surface area contributed by atoms with E-state index in [1.807, 2.05) is 0 Å². The van der Waals surface area contributed by atoms with E-state index in [9.17, 15) is 12.6 Å². The Hall–Kier alpha value is -0.160. The van der Waals surface area contributed by atoms with Crippen molar-refractivity contribution in [2.24, 2.45) is 0 Å². The van der Waals surface area contributed by atoms with Gasteiger partial charge in [0, 0.05) is 11.6 Å². The third-order valence-electron chi connectivity index (χ3n) is 0.439. The summed E-state index contributed by atoms with van der Waals surface area (Å²) in [7, 11) is -2.96. The van der Waals surface area contributed by atoms with E-state index >= 15 is 0 Å². The van der Waals surface area contributed by atoms with E-state index in [0.29, 0.717) is 0 Å². The average molecular weight is 154 g/mol. The highest BCUT2D eigenvalue weighted by molar-refractivity contribution is 7.92. The minimum Gasteiger partial charge on any atom is -0.229 e. The van der Waals surface area contributed by atoms with Gasteiger partial charge < -0.3 is 0 Å². The SMILES string of the molecule is CS(=O)(=O)CC=S=O. The van der Waals surface area contributed by atoms with E-state index in [-0.39, 0.29) is 17.0 Å². The van der Waals surface area contributed by atoms with Crippen LogP contribution in [0.2, 0.25) is 0 Å². The summed E-state index contributed by atoms with van der Waals surface area (Å²) >= 11 is 0.174. The van der Waals surface area contributed by atoms with E-state index in [0.717, 1.165) is 11.6 Å². The monoisotopic (exact) mass is 154 g/mol. The molecule has 5 heteroatoms. The van der Waals surface area contributed by atoms with Crippen molar-refractivity contribution in [2.75, 3.05) is 12.0 Å². The Morgan fingerprint density at radius 2 is 2.12 bits per heavy atom. The molecule has 0 saturated heterocycles. The van der Waals surface area contributed by atoms with Crippen molar-refractivity contribution >= 4 is 26.5 Å². The first-order chi connectivity index (χ1) is 3.56. The standard InChI is InChI=1S/C3H6O3S2/c1-8(5,6)3-2-7-4/h2H,3H2,1H3. The predicted molar refractivity (Wildman–Crippen MR) is 33.9 cm³/mol. The Morgan fingerprint density at radius 1 is 1.62 bits per heavy atom. The van der Waals surface area contributed by atoms with E-state index in [1.165, 1.54) is 0 Å². The Bertz CT molecular complexity index is 197. The lowest BCUT2D eigenvalue weighted by molar-refractivity contribution is 0.606. The van der Waals surface area contributed by atoms with Crippen molar-refractivity contribution < 1.29 is 12.6 Å². The van der Waals surface area contributed by atoms with E-state index < -0.39 is 9.84 Å². The Labute approximate surface area is 51.7 Å². The van der Waals surface area contributed by atoms with Gasteiger partial charge in [-0.2, -0.15) is 0 Å². The van der Waals surface area contributed by atoms with Crippen LogP contribution in [0.15, 0.2) is 0 Å². The minimum absolute atomic E-state index is 0.138. The molecule has 0 unspecified atom stereocenters. The van der Waals surface area contributed by atoms with Gasteiger partial charge in [0.25, 0.3) is 0 Å². The fourth-order valence-electron chi connectivity index (χ4n) is 0.151. The van der Waals surface area contributed by atoms with Gasteiger partial charge in [0.15, 0.2) is 9.84 Å². The first kappa shape index (κ1) is 7.84. The van der Waals surface area contributed by atoms with Crippen molar-refractivity contribution in [2.45, 2.75) is 0 Å². The third kappa shape index (κ3) is 5.84. The molecule has 0 aliphatic carbocycles. The van der Waals surface area contributed by atoms with Crippen LogP contribution in [0.4, 0.5) is 0 Å². The molecule has 0 rings (SSSR count). The first-order valence-corrected chi connectivity index (χ1v) is 4.71. The van der Waals surface area contributed by atoms with Crippen LogP contribution in [-0.4, -0.2) is 30.0 Å². The molecule has 0 aromatic carbocycles. The van der Waals surface area contributed by atoms with E-state index in [1.54, 1.807) is 0 Å². The summed E-state index contributed by atoms with van der Waals surface area (Å²) in [5, 5.41) is 1.11. The molecular weight excluding hydrogens is 148 g/mol. The Morgan fingerprint density at radius 3 is 2.25 bits per heavy atom. The molecule has 0 amide bonds. The third-order valence-corrected chi connectivity index (χ3v) is 1.72. The van der Waals surface area contributed by atoms with E-state index in [2.05, 4.69) is 0 Å². The van der Waals surface area contributed by atoms with E-state index in [4.69, 9.17) is 0 Å². The Kier molecular flexibility index (Phi) is 2.93. The quantitative estimate of drug-likeness (QED) is 0.482. The van der Waals surface area contributed by atoms with Crippen molar-refractivity contribution in [3.05, 3.63) is 0 Å². The zero-order valence-corrected chi connectivity index (χ0v) is 5.96. The largest absolute Gasteiger partial charge is 0.229 e. The average Bonchev–Trinajstić information content (AvgIpc) is 1.59. The lowest BCUT2D eigenvalue weighted by atomic mass is 11.0. The normalized spacial score (nSPS) is 10.6. The van der Waals surface area contributed by atoms with Gasteiger partial charge in [-0.15, -0.1) is 0 Å². The molecule has 0 aromatic heterocycles. The number of rotatable bonds is 2. The van der Waals surface area contributed by atoms with Crippen LogP contribution < -0.4 is 0 Å². The van der Waals surface area contributed by atoms with Gasteiger partial charge in [0.1, 0.15) is 0 Å². The van der Waals surface area contributed by atoms with Gasteiger partial charge in [-0.25, -0.2) is 12.6 Å². The maximum atomic E-state index is 10.2. The van der Waals surface area contributed by atoms with Crippen LogP contribution in [0.1, 0.15) is 0 Å². The molecule has 0 atom stereocenters. The van der Waals surface area contributed by atoms with Crippen molar-refractivity contribution in [3.8, 4) is 0 Å². The van der Waals surface area contributed by atoms with Crippen molar-refractivity contribution in [1.82, 2.24) is 0 Å². The fourth-order valence-corrected chi connectivity index (χ4v) is 1.36. The molecule has 8 heavy (non-hydrogen) atoms. The number of hydrogen-bond acceptors (Lipinski definition) is 3. The molecule has 48 valence electrons. The second-order valence-corrected chi connectivity index (χ2v) is 4.07. The van der Waals surface area contributed by atoms with Crippen molar-refractivity contribution in [3.63, 3.8) is 0 Å². The summed E-state index contributed by atoms with van der Waals surface area (Å²) < 4.78 is 30.0. The van der Waals surface area contributed by atoms with Gasteiger partial charge in [-0.05, 0) is 0 Å². The van der Waals surface area contributed by atoms with Gasteiger partial charge in [0.05, 0.1) is 17.0 Å². The molecule has 0 aliphatic heterocycles. The highest BCUT2D eigenvalue weighted by Crippen LogP contribution is 1.74. The molecule has 0 bridgehead atoms. The van der Waals surface area contributed by atoms with Crippen LogP contribution in [0.25, 0.3) is 0 Å². The van der Waals surface area contributed by atoms with Gasteiger partial charge in [0.2, 0.25) is 0 Å². The molecule has 0 heterocycles. The number of sulfone groups is 1. The highest BCUT2D eigenvalue weighted by Gasteiger charge is 1.95. The molecule has 0 N–H and O–H groups in total. The molecular formula is C3H6O3S2. The fraction of sp³-hybridized carbons (Fsp3) is 0.667. The molecule has 0 aliphatic rings. The Balaban J connectivity index is 3.94. The summed E-state index contributed by atoms with van der Waals surface area (Å²) in [6.07, 6.45) is 1.08. The van der Waals surface area contributed by atoms with Gasteiger partial charge in [-0.1, -0.05) is 0 Å². The number of hydrogen-bond donors (Lipinski definition) is 0. The zero-order chi connectivity index (χ0) is 6.62. The van der Waals surface area contributed by atoms with Gasteiger partial charge in [-0.3, -0.25) is 0 Å². The summed E-state index contributed by atoms with van der Waals surface area (Å²) in [6, 6.07) is 0. The molecule has 0 fully saturated rings. The van der Waals surface area contributed by atoms with Crippen LogP contribution >= 0.6 is 0 Å². The van der Waals surface area contributed by atoms with Crippen LogP contribution in [0.3, 0.4) is 0 Å². The van der Waals surface area contributed by atoms with Crippen molar-refractivity contribution in [1.29, 1.82) is 0 Å². The second-order valence-electron chi connectivity index (χ2n) is 1.36. The summed E-state index contributed by atoms with van der Waals surface area (Å²) in [5.41, 5.74) is 0. The highest BCUT2D eigenvalue weighted by atomic mass is 32.2. The van der Waals surface area contributed by atoms with Crippen LogP contribution in [0, 0.1) is 0 Å². The summed E-state index contributed by atoms with van der Waals surface area (Å²) in [5.74, 6) is -0.138. The minimum atomic E-state index is -2.96. The van der Waals surface area contributed by atoms with Crippen LogP contribution in [0.5, 0.6) is 0 Å². The molecule has 0 saturated carbocycles. The topological polar surface area (TPSA) is 51.2 Å². The molecule has 0 spiro atoms. The lowest BCUT2D eigenvalue weighted by Gasteiger charge is -1.82. The lowest BCUT2D eigenvalue weighted by Crippen LogP contribution is -2.02. The molecule has 0 aromatic rings. The summed E-state index contributed by atoms with van der Waals surface area (Å²) in [6.45, 7) is 0. The predicted octanol–water partition coefficient (Wildman–Crippen LogP) is -0.954. The molecule has 0 radical (unpaired) electrons. The maximum absolute atomic E-state index is 10.2. The maximum Gasteiger partial charge on any atom is 0.151 e. The first-order valence-electron chi connectivity index (χ1n) is 1.84. The smallest absolute Gasteiger partial charge is 0.151 e. The van der Waals surface area contributed by atoms with Gasteiger partial charge >= 0.3 is 0 Å². The summed E-state index contributed by atoms with van der Waals surface area (Å²) in [4.78, 5) is 0. The zero-order valence-electron chi connectivity index (χ0n) is 4.33.